The van der Waals surface area contributed by atoms with Crippen LogP contribution in [0.2, 0.25) is 0 Å². The summed E-state index contributed by atoms with van der Waals surface area (Å²) in [6.07, 6.45) is 9.23. The van der Waals surface area contributed by atoms with E-state index in [4.69, 9.17) is 0 Å². The summed E-state index contributed by atoms with van der Waals surface area (Å²) in [5.74, 6) is 0.444. The highest BCUT2D eigenvalue weighted by Gasteiger charge is 2.24. The number of allylic oxidation sites excluding steroid dienone is 1. The van der Waals surface area contributed by atoms with Crippen molar-refractivity contribution in [3.05, 3.63) is 53.9 Å². The van der Waals surface area contributed by atoms with Crippen LogP contribution in [-0.4, -0.2) is 25.5 Å². The van der Waals surface area contributed by atoms with Gasteiger partial charge in [-0.05, 0) is 31.7 Å². The van der Waals surface area contributed by atoms with Crippen LogP contribution in [0.15, 0.2) is 42.3 Å². The molecule has 1 aliphatic carbocycles. The van der Waals surface area contributed by atoms with Crippen molar-refractivity contribution in [2.75, 3.05) is 0 Å². The Morgan fingerprint density at radius 2 is 2.27 bits per heavy atom. The lowest BCUT2D eigenvalue weighted by Crippen LogP contribution is -2.12. The minimum Gasteiger partial charge on any atom is -0.269 e. The third-order valence-corrected chi connectivity index (χ3v) is 3.76. The van der Waals surface area contributed by atoms with Crippen LogP contribution in [0.3, 0.4) is 0 Å². The molecule has 1 saturated carbocycles. The summed E-state index contributed by atoms with van der Waals surface area (Å²) >= 11 is 0. The molecule has 114 valence electrons. The largest absolute Gasteiger partial charge is 0.281 e. The summed E-state index contributed by atoms with van der Waals surface area (Å²) in [5, 5.41) is 9.01. The second-order valence-electron chi connectivity index (χ2n) is 5.58. The third kappa shape index (κ3) is 3.21. The number of nitrogens with zero attached hydrogens (tertiary/aromatic N) is 5. The van der Waals surface area contributed by atoms with Crippen molar-refractivity contribution in [3.8, 4) is 0 Å². The summed E-state index contributed by atoms with van der Waals surface area (Å²) in [4.78, 5) is 16.4. The van der Waals surface area contributed by atoms with Crippen LogP contribution in [0.25, 0.3) is 0 Å². The van der Waals surface area contributed by atoms with E-state index in [0.29, 0.717) is 17.5 Å². The van der Waals surface area contributed by atoms with Gasteiger partial charge in [0, 0.05) is 18.4 Å². The number of hydrogen-bond acceptors (Lipinski definition) is 3. The van der Waals surface area contributed by atoms with Crippen LogP contribution in [-0.2, 0) is 13.1 Å². The molecule has 0 spiro atoms. The lowest BCUT2D eigenvalue weighted by Gasteiger charge is -2.02. The maximum absolute atomic E-state index is 12.3. The maximum Gasteiger partial charge on any atom is 0.281 e. The van der Waals surface area contributed by atoms with E-state index in [1.54, 1.807) is 35.4 Å². The molecule has 0 bridgehead atoms. The molecule has 2 aromatic rings. The molecule has 0 unspecified atom stereocenters. The molecule has 2 aromatic heterocycles. The molecule has 0 aromatic carbocycles. The van der Waals surface area contributed by atoms with E-state index in [1.165, 1.54) is 12.8 Å². The first-order chi connectivity index (χ1) is 10.7. The Morgan fingerprint density at radius 1 is 1.45 bits per heavy atom. The van der Waals surface area contributed by atoms with E-state index in [-0.39, 0.29) is 5.91 Å². The minimum absolute atomic E-state index is 0.275. The monoisotopic (exact) mass is 297 g/mol. The van der Waals surface area contributed by atoms with Crippen LogP contribution in [0.4, 0.5) is 0 Å². The summed E-state index contributed by atoms with van der Waals surface area (Å²) in [6.45, 7) is 7.09. The van der Waals surface area contributed by atoms with E-state index in [1.807, 2.05) is 11.6 Å². The quantitative estimate of drug-likeness (QED) is 0.789. The lowest BCUT2D eigenvalue weighted by atomic mass is 10.2. The molecule has 6 heteroatoms. The molecule has 0 saturated heterocycles. The second kappa shape index (κ2) is 6.09. The first-order valence-corrected chi connectivity index (χ1v) is 7.42. The fourth-order valence-electron chi connectivity index (χ4n) is 2.25. The molecule has 0 N–H and O–H groups in total. The summed E-state index contributed by atoms with van der Waals surface area (Å²) in [6, 6.07) is 1.76. The summed E-state index contributed by atoms with van der Waals surface area (Å²) in [5.41, 5.74) is 1.44. The highest BCUT2D eigenvalue weighted by molar-refractivity contribution is 5.95. The van der Waals surface area contributed by atoms with Crippen molar-refractivity contribution in [3.63, 3.8) is 0 Å². The van der Waals surface area contributed by atoms with Gasteiger partial charge >= 0.3 is 0 Å². The number of amides is 1. The zero-order chi connectivity index (χ0) is 15.5. The average molecular weight is 297 g/mol. The van der Waals surface area contributed by atoms with Gasteiger partial charge in [0.15, 0.2) is 0 Å². The van der Waals surface area contributed by atoms with Crippen LogP contribution in [0.1, 0.15) is 28.9 Å². The predicted octanol–water partition coefficient (Wildman–Crippen LogP) is 1.73. The van der Waals surface area contributed by atoms with Crippen LogP contribution in [0.5, 0.6) is 0 Å². The van der Waals surface area contributed by atoms with Gasteiger partial charge in [-0.1, -0.05) is 6.08 Å². The molecule has 0 aliphatic heterocycles. The Balaban J connectivity index is 1.79. The predicted molar refractivity (Wildman–Crippen MR) is 82.0 cm³/mol. The molecule has 1 aliphatic rings. The van der Waals surface area contributed by atoms with Gasteiger partial charge < -0.3 is 0 Å². The van der Waals surface area contributed by atoms with Crippen molar-refractivity contribution >= 4 is 5.91 Å². The van der Waals surface area contributed by atoms with Crippen molar-refractivity contribution in [2.45, 2.75) is 32.9 Å². The summed E-state index contributed by atoms with van der Waals surface area (Å²) in [7, 11) is 0. The Kier molecular flexibility index (Phi) is 4.00. The molecule has 3 rings (SSSR count). The van der Waals surface area contributed by atoms with E-state index in [0.717, 1.165) is 18.2 Å². The van der Waals surface area contributed by atoms with E-state index in [9.17, 15) is 4.79 Å². The SMILES string of the molecule is C=CCn1ccc(=NC(=O)c2cnn(CC3CC3)c2C)cn1. The first-order valence-electron chi connectivity index (χ1n) is 7.42. The number of carbonyl (C=O) groups is 1. The number of hydrogen-bond donors (Lipinski definition) is 0. The molecule has 22 heavy (non-hydrogen) atoms. The topological polar surface area (TPSA) is 65.1 Å². The second-order valence-corrected chi connectivity index (χ2v) is 5.58. The fraction of sp³-hybridized carbons (Fsp3) is 0.375. The van der Waals surface area contributed by atoms with E-state index >= 15 is 0 Å². The number of carbonyl (C=O) groups excluding carboxylic acids is 1. The van der Waals surface area contributed by atoms with Gasteiger partial charge in [-0.3, -0.25) is 14.2 Å². The Morgan fingerprint density at radius 3 is 2.91 bits per heavy atom. The number of rotatable bonds is 5. The van der Waals surface area contributed by atoms with Gasteiger partial charge in [0.1, 0.15) is 0 Å². The Hall–Kier alpha value is -2.50. The van der Waals surface area contributed by atoms with Crippen LogP contribution < -0.4 is 5.36 Å². The van der Waals surface area contributed by atoms with Gasteiger partial charge in [0.2, 0.25) is 0 Å². The molecule has 0 radical (unpaired) electrons. The van der Waals surface area contributed by atoms with E-state index in [2.05, 4.69) is 21.8 Å². The Bertz CT molecular complexity index is 747. The van der Waals surface area contributed by atoms with Gasteiger partial charge in [-0.2, -0.15) is 10.2 Å². The normalized spacial score (nSPS) is 15.0. The van der Waals surface area contributed by atoms with Crippen molar-refractivity contribution < 1.29 is 4.79 Å². The summed E-state index contributed by atoms with van der Waals surface area (Å²) < 4.78 is 3.62. The average Bonchev–Trinajstić information content (AvgIpc) is 3.25. The van der Waals surface area contributed by atoms with Gasteiger partial charge in [-0.15, -0.1) is 6.58 Å². The molecular weight excluding hydrogens is 278 g/mol. The molecule has 2 heterocycles. The van der Waals surface area contributed by atoms with Gasteiger partial charge in [0.25, 0.3) is 5.91 Å². The highest BCUT2D eigenvalue weighted by Crippen LogP contribution is 2.30. The van der Waals surface area contributed by atoms with Gasteiger partial charge in [-0.25, -0.2) is 4.99 Å². The van der Waals surface area contributed by atoms with Crippen LogP contribution >= 0.6 is 0 Å². The molecule has 0 atom stereocenters. The van der Waals surface area contributed by atoms with Crippen molar-refractivity contribution in [1.82, 2.24) is 19.6 Å². The Labute approximate surface area is 128 Å². The fourth-order valence-corrected chi connectivity index (χ4v) is 2.25. The zero-order valence-electron chi connectivity index (χ0n) is 12.6. The lowest BCUT2D eigenvalue weighted by molar-refractivity contribution is 0.0997. The molecule has 6 nitrogen and oxygen atoms in total. The molecule has 1 amide bonds. The van der Waals surface area contributed by atoms with Crippen molar-refractivity contribution in [2.24, 2.45) is 10.9 Å². The smallest absolute Gasteiger partial charge is 0.269 e. The first kappa shape index (κ1) is 14.4. The minimum atomic E-state index is -0.275. The maximum atomic E-state index is 12.3. The third-order valence-electron chi connectivity index (χ3n) is 3.76. The van der Waals surface area contributed by atoms with Crippen LogP contribution in [0, 0.1) is 12.8 Å². The molecular formula is C16H19N5O. The van der Waals surface area contributed by atoms with E-state index < -0.39 is 0 Å². The zero-order valence-corrected chi connectivity index (χ0v) is 12.6. The standard InChI is InChI=1S/C16H19N5O/c1-3-7-20-8-6-14(9-17-20)19-16(22)15-10-18-21(12(15)2)11-13-4-5-13/h3,6,8-10,13H,1,4-5,7,11H2,2H3. The van der Waals surface area contributed by atoms with Gasteiger partial charge in [0.05, 0.1) is 29.9 Å². The highest BCUT2D eigenvalue weighted by atomic mass is 16.1. The molecule has 1 fully saturated rings. The number of aromatic nitrogens is 4. The van der Waals surface area contributed by atoms with Crippen molar-refractivity contribution in [1.29, 1.82) is 0 Å².